The first-order chi connectivity index (χ1) is 14.8. The molecule has 1 aliphatic rings. The summed E-state index contributed by atoms with van der Waals surface area (Å²) in [6.07, 6.45) is 0.500. The van der Waals surface area contributed by atoms with Crippen molar-refractivity contribution < 1.29 is 29.2 Å². The van der Waals surface area contributed by atoms with Crippen LogP contribution in [0.2, 0.25) is 0 Å². The molecule has 2 heterocycles. The van der Waals surface area contributed by atoms with Gasteiger partial charge in [-0.05, 0) is 24.5 Å². The van der Waals surface area contributed by atoms with Crippen molar-refractivity contribution in [3.63, 3.8) is 0 Å². The molecule has 0 saturated heterocycles. The Morgan fingerprint density at radius 1 is 1.16 bits per heavy atom. The van der Waals surface area contributed by atoms with Gasteiger partial charge in [-0.15, -0.1) is 0 Å². The number of hydrogen-bond acceptors (Lipinski definition) is 8. The number of aromatic hydroxyl groups is 2. The number of ether oxygens (including phenoxy) is 3. The highest BCUT2D eigenvalue weighted by Crippen LogP contribution is 2.34. The fraction of sp³-hybridized carbons (Fsp3) is 0.500. The van der Waals surface area contributed by atoms with Gasteiger partial charge < -0.3 is 29.3 Å². The van der Waals surface area contributed by atoms with Crippen LogP contribution in [0.4, 0.5) is 0 Å². The molecular formula is C22H29N3O6. The molecule has 0 bridgehead atoms. The minimum atomic E-state index is -0.326. The predicted octanol–water partition coefficient (Wildman–Crippen LogP) is 2.63. The highest BCUT2D eigenvalue weighted by molar-refractivity contribution is 5.97. The molecule has 1 amide bonds. The van der Waals surface area contributed by atoms with Crippen LogP contribution in [0, 0.1) is 0 Å². The number of phenolic OH excluding ortho intramolecular Hbond substituents is 2. The van der Waals surface area contributed by atoms with E-state index in [9.17, 15) is 15.0 Å². The van der Waals surface area contributed by atoms with Gasteiger partial charge in [0.15, 0.2) is 0 Å². The number of methoxy groups -OCH3 is 1. The van der Waals surface area contributed by atoms with Crippen molar-refractivity contribution in [3.8, 4) is 23.4 Å². The van der Waals surface area contributed by atoms with E-state index in [1.54, 1.807) is 18.1 Å². The Bertz CT molecular complexity index is 947. The van der Waals surface area contributed by atoms with Crippen LogP contribution in [0.1, 0.15) is 53.9 Å². The summed E-state index contributed by atoms with van der Waals surface area (Å²) in [5.74, 6) is -0.214. The van der Waals surface area contributed by atoms with Crippen LogP contribution in [-0.4, -0.2) is 64.5 Å². The Morgan fingerprint density at radius 3 is 2.61 bits per heavy atom. The number of hydrogen-bond donors (Lipinski definition) is 2. The summed E-state index contributed by atoms with van der Waals surface area (Å²) in [4.78, 5) is 23.6. The van der Waals surface area contributed by atoms with Crippen LogP contribution in [0.3, 0.4) is 0 Å². The lowest BCUT2D eigenvalue weighted by atomic mass is 9.97. The van der Waals surface area contributed by atoms with E-state index in [4.69, 9.17) is 14.2 Å². The van der Waals surface area contributed by atoms with Crippen molar-refractivity contribution in [2.45, 2.75) is 39.7 Å². The standard InChI is InChI=1S/C22H29N3O6/c1-5-30-20-16-12-25(7-6-17(16)23-22(24-20)31-9-8-29-4)21(28)15-10-14(13(2)3)18(26)11-19(15)27/h10-11,13,26-27H,5-9,12H2,1-4H3. The largest absolute Gasteiger partial charge is 0.508 e. The quantitative estimate of drug-likeness (QED) is 0.613. The highest BCUT2D eigenvalue weighted by Gasteiger charge is 2.29. The van der Waals surface area contributed by atoms with Crippen molar-refractivity contribution in [2.24, 2.45) is 0 Å². The number of amides is 1. The van der Waals surface area contributed by atoms with E-state index < -0.39 is 0 Å². The van der Waals surface area contributed by atoms with E-state index in [1.165, 1.54) is 6.07 Å². The van der Waals surface area contributed by atoms with Gasteiger partial charge in [-0.25, -0.2) is 0 Å². The third-order valence-electron chi connectivity index (χ3n) is 5.09. The number of phenols is 2. The number of aromatic nitrogens is 2. The van der Waals surface area contributed by atoms with Crippen LogP contribution in [0.25, 0.3) is 0 Å². The summed E-state index contributed by atoms with van der Waals surface area (Å²) < 4.78 is 16.2. The second-order valence-electron chi connectivity index (χ2n) is 7.57. The predicted molar refractivity (Wildman–Crippen MR) is 113 cm³/mol. The first-order valence-electron chi connectivity index (χ1n) is 10.3. The molecule has 0 unspecified atom stereocenters. The summed E-state index contributed by atoms with van der Waals surface area (Å²) in [6.45, 7) is 7.50. The molecule has 0 saturated carbocycles. The Morgan fingerprint density at radius 2 is 1.94 bits per heavy atom. The highest BCUT2D eigenvalue weighted by atomic mass is 16.5. The number of carbonyl (C=O) groups is 1. The Hall–Kier alpha value is -3.07. The van der Waals surface area contributed by atoms with Crippen LogP contribution in [-0.2, 0) is 17.7 Å². The number of rotatable bonds is 8. The second kappa shape index (κ2) is 9.82. The number of carbonyl (C=O) groups excluding carboxylic acids is 1. The minimum absolute atomic E-state index is 0.00344. The van der Waals surface area contributed by atoms with Gasteiger partial charge in [-0.1, -0.05) is 13.8 Å². The topological polar surface area (TPSA) is 114 Å². The van der Waals surface area contributed by atoms with Crippen molar-refractivity contribution in [1.29, 1.82) is 0 Å². The van der Waals surface area contributed by atoms with Gasteiger partial charge in [0.05, 0.1) is 36.6 Å². The van der Waals surface area contributed by atoms with Crippen LogP contribution >= 0.6 is 0 Å². The van der Waals surface area contributed by atoms with Gasteiger partial charge in [0.25, 0.3) is 5.91 Å². The average molecular weight is 431 g/mol. The third-order valence-corrected chi connectivity index (χ3v) is 5.09. The molecule has 2 N–H and O–H groups in total. The van der Waals surface area contributed by atoms with Crippen molar-refractivity contribution in [2.75, 3.05) is 33.5 Å². The van der Waals surface area contributed by atoms with Gasteiger partial charge in [0.2, 0.25) is 5.88 Å². The summed E-state index contributed by atoms with van der Waals surface area (Å²) >= 11 is 0. The number of nitrogens with zero attached hydrogens (tertiary/aromatic N) is 3. The van der Waals surface area contributed by atoms with Crippen LogP contribution in [0.5, 0.6) is 23.4 Å². The smallest absolute Gasteiger partial charge is 0.320 e. The molecule has 1 aromatic heterocycles. The van der Waals surface area contributed by atoms with Crippen molar-refractivity contribution in [3.05, 3.63) is 34.5 Å². The lowest BCUT2D eigenvalue weighted by molar-refractivity contribution is 0.0727. The van der Waals surface area contributed by atoms with E-state index in [0.29, 0.717) is 44.2 Å². The maximum absolute atomic E-state index is 13.2. The Kier molecular flexibility index (Phi) is 7.17. The first-order valence-corrected chi connectivity index (χ1v) is 10.3. The van der Waals surface area contributed by atoms with Crippen molar-refractivity contribution >= 4 is 5.91 Å². The molecule has 9 heteroatoms. The maximum Gasteiger partial charge on any atom is 0.320 e. The second-order valence-corrected chi connectivity index (χ2v) is 7.57. The molecular weight excluding hydrogens is 402 g/mol. The van der Waals surface area contributed by atoms with Crippen LogP contribution in [0.15, 0.2) is 12.1 Å². The number of benzene rings is 1. The zero-order valence-corrected chi connectivity index (χ0v) is 18.3. The normalized spacial score (nSPS) is 13.3. The summed E-state index contributed by atoms with van der Waals surface area (Å²) in [6, 6.07) is 3.00. The average Bonchev–Trinajstić information content (AvgIpc) is 2.73. The lowest BCUT2D eigenvalue weighted by Crippen LogP contribution is -2.37. The van der Waals surface area contributed by atoms with Gasteiger partial charge in [-0.2, -0.15) is 9.97 Å². The monoisotopic (exact) mass is 431 g/mol. The molecule has 0 aliphatic carbocycles. The van der Waals surface area contributed by atoms with Gasteiger partial charge >= 0.3 is 6.01 Å². The molecule has 1 aromatic carbocycles. The Labute approximate surface area is 181 Å². The van der Waals surface area contributed by atoms with E-state index in [0.717, 1.165) is 11.3 Å². The lowest BCUT2D eigenvalue weighted by Gasteiger charge is -2.29. The van der Waals surface area contributed by atoms with Gasteiger partial charge in [0.1, 0.15) is 18.1 Å². The third kappa shape index (κ3) is 4.99. The molecule has 3 rings (SSSR count). The van der Waals surface area contributed by atoms with E-state index in [2.05, 4.69) is 9.97 Å². The molecule has 2 aromatic rings. The molecule has 0 radical (unpaired) electrons. The first kappa shape index (κ1) is 22.6. The van der Waals surface area contributed by atoms with Crippen molar-refractivity contribution in [1.82, 2.24) is 14.9 Å². The zero-order valence-electron chi connectivity index (χ0n) is 18.3. The zero-order chi connectivity index (χ0) is 22.5. The molecule has 1 aliphatic heterocycles. The maximum atomic E-state index is 13.2. The Balaban J connectivity index is 1.87. The van der Waals surface area contributed by atoms with Gasteiger partial charge in [-0.3, -0.25) is 4.79 Å². The van der Waals surface area contributed by atoms with E-state index in [1.807, 2.05) is 20.8 Å². The number of fused-ring (bicyclic) bond motifs is 1. The SMILES string of the molecule is CCOc1nc(OCCOC)nc2c1CN(C(=O)c1cc(C(C)C)c(O)cc1O)CC2. The van der Waals surface area contributed by atoms with E-state index >= 15 is 0 Å². The summed E-state index contributed by atoms with van der Waals surface area (Å²) in [5, 5.41) is 20.4. The summed E-state index contributed by atoms with van der Waals surface area (Å²) in [5.41, 5.74) is 2.26. The molecule has 9 nitrogen and oxygen atoms in total. The molecule has 168 valence electrons. The molecule has 31 heavy (non-hydrogen) atoms. The fourth-order valence-electron chi connectivity index (χ4n) is 3.47. The van der Waals surface area contributed by atoms with Gasteiger partial charge in [0, 0.05) is 26.1 Å². The minimum Gasteiger partial charge on any atom is -0.508 e. The van der Waals surface area contributed by atoms with E-state index in [-0.39, 0.29) is 41.4 Å². The van der Waals surface area contributed by atoms with Crippen LogP contribution < -0.4 is 9.47 Å². The summed E-state index contributed by atoms with van der Waals surface area (Å²) in [7, 11) is 1.59. The fourth-order valence-corrected chi connectivity index (χ4v) is 3.47. The molecule has 0 fully saturated rings. The molecule has 0 spiro atoms. The molecule has 0 atom stereocenters.